The molecule has 0 radical (unpaired) electrons. The summed E-state index contributed by atoms with van der Waals surface area (Å²) in [5.41, 5.74) is 1.45. The van der Waals surface area contributed by atoms with Gasteiger partial charge in [0.2, 0.25) is 11.7 Å². The molecule has 5 heteroatoms. The van der Waals surface area contributed by atoms with Crippen molar-refractivity contribution in [2.24, 2.45) is 0 Å². The van der Waals surface area contributed by atoms with E-state index in [1.54, 1.807) is 31.2 Å². The molecule has 17 heavy (non-hydrogen) atoms. The van der Waals surface area contributed by atoms with Crippen molar-refractivity contribution in [1.82, 2.24) is 15.5 Å². The Labute approximate surface area is 98.8 Å². The smallest absolute Gasteiger partial charge is 0.251 e. The topological polar surface area (TPSA) is 68.0 Å². The van der Waals surface area contributed by atoms with E-state index in [0.717, 1.165) is 5.56 Å². The molecule has 0 spiro atoms. The van der Waals surface area contributed by atoms with Crippen LogP contribution in [0.2, 0.25) is 0 Å². The Balaban J connectivity index is 2.21. The molecule has 0 aliphatic heterocycles. The predicted octanol–water partition coefficient (Wildman–Crippen LogP) is 1.79. The van der Waals surface area contributed by atoms with Crippen LogP contribution in [0.5, 0.6) is 0 Å². The Bertz CT molecular complexity index is 517. The highest BCUT2D eigenvalue weighted by Gasteiger charge is 2.07. The lowest BCUT2D eigenvalue weighted by Crippen LogP contribution is -2.22. The zero-order chi connectivity index (χ0) is 12.3. The molecule has 0 fully saturated rings. The highest BCUT2D eigenvalue weighted by Crippen LogP contribution is 2.16. The van der Waals surface area contributed by atoms with Crippen LogP contribution in [0.4, 0.5) is 0 Å². The summed E-state index contributed by atoms with van der Waals surface area (Å²) in [4.78, 5) is 15.6. The number of benzene rings is 1. The van der Waals surface area contributed by atoms with Gasteiger partial charge in [-0.25, -0.2) is 0 Å². The number of hydrogen-bond donors (Lipinski definition) is 1. The Morgan fingerprint density at radius 1 is 1.35 bits per heavy atom. The molecule has 1 aromatic heterocycles. The molecule has 0 unspecified atom stereocenters. The van der Waals surface area contributed by atoms with E-state index >= 15 is 0 Å². The van der Waals surface area contributed by atoms with Gasteiger partial charge in [0, 0.05) is 24.6 Å². The van der Waals surface area contributed by atoms with Gasteiger partial charge in [0.25, 0.3) is 5.91 Å². The van der Waals surface area contributed by atoms with Crippen molar-refractivity contribution < 1.29 is 9.32 Å². The number of rotatable bonds is 3. The maximum Gasteiger partial charge on any atom is 0.251 e. The number of carbonyl (C=O) groups excluding carboxylic acids is 1. The summed E-state index contributed by atoms with van der Waals surface area (Å²) in [6.07, 6.45) is 0. The second-order valence-electron chi connectivity index (χ2n) is 3.57. The van der Waals surface area contributed by atoms with Gasteiger partial charge in [0.1, 0.15) is 0 Å². The van der Waals surface area contributed by atoms with E-state index < -0.39 is 0 Å². The third-order valence-electron chi connectivity index (χ3n) is 2.27. The fourth-order valence-electron chi connectivity index (χ4n) is 1.45. The largest absolute Gasteiger partial charge is 0.352 e. The van der Waals surface area contributed by atoms with Crippen LogP contribution < -0.4 is 5.32 Å². The Morgan fingerprint density at radius 3 is 2.59 bits per heavy atom. The standard InChI is InChI=1S/C12H13N3O2/c1-3-13-12(16)10-6-4-9(5-7-10)11-14-8(2)17-15-11/h4-7H,3H2,1-2H3,(H,13,16). The number of hydrogen-bond acceptors (Lipinski definition) is 4. The first kappa shape index (κ1) is 11.3. The van der Waals surface area contributed by atoms with Gasteiger partial charge < -0.3 is 9.84 Å². The summed E-state index contributed by atoms with van der Waals surface area (Å²) >= 11 is 0. The van der Waals surface area contributed by atoms with Gasteiger partial charge in [-0.3, -0.25) is 4.79 Å². The predicted molar refractivity (Wildman–Crippen MR) is 62.5 cm³/mol. The molecule has 1 aromatic carbocycles. The first-order valence-corrected chi connectivity index (χ1v) is 5.39. The fraction of sp³-hybridized carbons (Fsp3) is 0.250. The van der Waals surface area contributed by atoms with E-state index in [9.17, 15) is 4.79 Å². The molecule has 1 N–H and O–H groups in total. The molecule has 0 aliphatic rings. The Kier molecular flexibility index (Phi) is 3.18. The van der Waals surface area contributed by atoms with E-state index in [0.29, 0.717) is 23.8 Å². The second-order valence-corrected chi connectivity index (χ2v) is 3.57. The normalized spacial score (nSPS) is 10.2. The molecule has 1 heterocycles. The molecule has 0 saturated heterocycles. The van der Waals surface area contributed by atoms with Crippen LogP contribution in [0.25, 0.3) is 11.4 Å². The second kappa shape index (κ2) is 4.78. The van der Waals surface area contributed by atoms with Crippen molar-refractivity contribution >= 4 is 5.91 Å². The van der Waals surface area contributed by atoms with Crippen LogP contribution in [0.3, 0.4) is 0 Å². The quantitative estimate of drug-likeness (QED) is 0.874. The van der Waals surface area contributed by atoms with Crippen LogP contribution in [-0.2, 0) is 0 Å². The van der Waals surface area contributed by atoms with Crippen molar-refractivity contribution in [1.29, 1.82) is 0 Å². The van der Waals surface area contributed by atoms with E-state index in [4.69, 9.17) is 4.52 Å². The molecule has 5 nitrogen and oxygen atoms in total. The summed E-state index contributed by atoms with van der Waals surface area (Å²) in [5.74, 6) is 0.973. The van der Waals surface area contributed by atoms with Gasteiger partial charge in [0.05, 0.1) is 0 Å². The van der Waals surface area contributed by atoms with Crippen LogP contribution in [0, 0.1) is 6.92 Å². The lowest BCUT2D eigenvalue weighted by Gasteiger charge is -2.02. The number of aryl methyl sites for hydroxylation is 1. The van der Waals surface area contributed by atoms with Gasteiger partial charge in [-0.05, 0) is 19.1 Å². The molecule has 1 amide bonds. The molecular weight excluding hydrogens is 218 g/mol. The molecular formula is C12H13N3O2. The van der Waals surface area contributed by atoms with E-state index in [-0.39, 0.29) is 5.91 Å². The highest BCUT2D eigenvalue weighted by molar-refractivity contribution is 5.94. The third kappa shape index (κ3) is 2.50. The summed E-state index contributed by atoms with van der Waals surface area (Å²) in [6, 6.07) is 7.09. The molecule has 88 valence electrons. The van der Waals surface area contributed by atoms with E-state index in [1.165, 1.54) is 0 Å². The van der Waals surface area contributed by atoms with Crippen molar-refractivity contribution in [3.63, 3.8) is 0 Å². The molecule has 0 atom stereocenters. The fourth-order valence-corrected chi connectivity index (χ4v) is 1.45. The number of carbonyl (C=O) groups is 1. The monoisotopic (exact) mass is 231 g/mol. The maximum atomic E-state index is 11.5. The number of amides is 1. The van der Waals surface area contributed by atoms with E-state index in [1.807, 2.05) is 6.92 Å². The Morgan fingerprint density at radius 2 is 2.06 bits per heavy atom. The molecule has 0 aliphatic carbocycles. The highest BCUT2D eigenvalue weighted by atomic mass is 16.5. The lowest BCUT2D eigenvalue weighted by atomic mass is 10.1. The van der Waals surface area contributed by atoms with Crippen molar-refractivity contribution in [2.75, 3.05) is 6.54 Å². The van der Waals surface area contributed by atoms with Crippen molar-refractivity contribution in [3.8, 4) is 11.4 Å². The van der Waals surface area contributed by atoms with Crippen molar-refractivity contribution in [3.05, 3.63) is 35.7 Å². The summed E-state index contributed by atoms with van der Waals surface area (Å²) < 4.78 is 4.89. The number of nitrogens with one attached hydrogen (secondary N) is 1. The minimum absolute atomic E-state index is 0.0802. The van der Waals surface area contributed by atoms with Crippen LogP contribution in [0.15, 0.2) is 28.8 Å². The summed E-state index contributed by atoms with van der Waals surface area (Å²) in [7, 11) is 0. The van der Waals surface area contributed by atoms with Gasteiger partial charge in [-0.1, -0.05) is 17.3 Å². The zero-order valence-corrected chi connectivity index (χ0v) is 9.73. The first-order valence-electron chi connectivity index (χ1n) is 5.39. The van der Waals surface area contributed by atoms with Crippen LogP contribution in [0.1, 0.15) is 23.2 Å². The SMILES string of the molecule is CCNC(=O)c1ccc(-c2noc(C)n2)cc1. The molecule has 2 rings (SSSR count). The maximum absolute atomic E-state index is 11.5. The number of aromatic nitrogens is 2. The summed E-state index contributed by atoms with van der Waals surface area (Å²) in [5, 5.41) is 6.55. The minimum atomic E-state index is -0.0802. The molecule has 0 saturated carbocycles. The minimum Gasteiger partial charge on any atom is -0.352 e. The van der Waals surface area contributed by atoms with Crippen LogP contribution in [-0.4, -0.2) is 22.6 Å². The molecule has 0 bridgehead atoms. The molecule has 2 aromatic rings. The summed E-state index contributed by atoms with van der Waals surface area (Å²) in [6.45, 7) is 4.23. The van der Waals surface area contributed by atoms with E-state index in [2.05, 4.69) is 15.5 Å². The van der Waals surface area contributed by atoms with Crippen LogP contribution >= 0.6 is 0 Å². The average molecular weight is 231 g/mol. The zero-order valence-electron chi connectivity index (χ0n) is 9.73. The van der Waals surface area contributed by atoms with Crippen molar-refractivity contribution in [2.45, 2.75) is 13.8 Å². The average Bonchev–Trinajstić information content (AvgIpc) is 2.76. The van der Waals surface area contributed by atoms with Gasteiger partial charge in [0.15, 0.2) is 0 Å². The Hall–Kier alpha value is -2.17. The lowest BCUT2D eigenvalue weighted by molar-refractivity contribution is 0.0956. The first-order chi connectivity index (χ1) is 8.20. The van der Waals surface area contributed by atoms with Gasteiger partial charge in [-0.15, -0.1) is 0 Å². The number of nitrogens with zero attached hydrogens (tertiary/aromatic N) is 2. The third-order valence-corrected chi connectivity index (χ3v) is 2.27. The van der Waals surface area contributed by atoms with Gasteiger partial charge in [-0.2, -0.15) is 4.98 Å². The van der Waals surface area contributed by atoms with Gasteiger partial charge >= 0.3 is 0 Å².